The zero-order valence-corrected chi connectivity index (χ0v) is 28.4. The predicted octanol–water partition coefficient (Wildman–Crippen LogP) is 8.30. The molecule has 0 aliphatic carbocycles. The molecule has 8 nitrogen and oxygen atoms in total. The molecule has 0 aliphatic heterocycles. The number of unbranched alkanes of at least 4 members (excludes halogenated alkanes) is 4. The fraction of sp³-hybridized carbons (Fsp3) is 0.375. The Labute approximate surface area is 284 Å². The van der Waals surface area contributed by atoms with Gasteiger partial charge in [-0.1, -0.05) is 107 Å². The molecule has 2 atom stereocenters. The van der Waals surface area contributed by atoms with E-state index in [2.05, 4.69) is 36.1 Å². The zero-order valence-electron chi connectivity index (χ0n) is 28.4. The van der Waals surface area contributed by atoms with Crippen LogP contribution in [-0.4, -0.2) is 45.4 Å². The van der Waals surface area contributed by atoms with Crippen molar-refractivity contribution in [1.29, 1.82) is 0 Å². The van der Waals surface area contributed by atoms with Gasteiger partial charge >= 0.3 is 5.97 Å². The third kappa shape index (κ3) is 10.6. The number of carbonyl (C=O) groups is 3. The molecule has 48 heavy (non-hydrogen) atoms. The maximum atomic E-state index is 13.2. The number of hydrogen-bond acceptors (Lipinski definition) is 6. The van der Waals surface area contributed by atoms with Crippen molar-refractivity contribution >= 4 is 17.7 Å². The van der Waals surface area contributed by atoms with Gasteiger partial charge in [-0.3, -0.25) is 14.4 Å². The summed E-state index contributed by atoms with van der Waals surface area (Å²) in [7, 11) is 0. The van der Waals surface area contributed by atoms with Crippen LogP contribution in [0.2, 0.25) is 0 Å². The van der Waals surface area contributed by atoms with Crippen LogP contribution in [0.4, 0.5) is 0 Å². The Hall–Kier alpha value is -4.85. The van der Waals surface area contributed by atoms with Crippen molar-refractivity contribution < 1.29 is 24.2 Å². The van der Waals surface area contributed by atoms with Crippen LogP contribution in [0.5, 0.6) is 5.75 Å². The number of aliphatic carboxylic acids is 1. The van der Waals surface area contributed by atoms with Gasteiger partial charge < -0.3 is 15.2 Å². The lowest BCUT2D eigenvalue weighted by molar-refractivity contribution is -0.141. The molecule has 1 amide bonds. The van der Waals surface area contributed by atoms with Gasteiger partial charge in [0.2, 0.25) is 5.91 Å². The van der Waals surface area contributed by atoms with Crippen LogP contribution in [0.3, 0.4) is 0 Å². The molecule has 0 saturated heterocycles. The average molecular weight is 650 g/mol. The highest BCUT2D eigenvalue weighted by atomic mass is 16.5. The lowest BCUT2D eigenvalue weighted by Crippen LogP contribution is -2.42. The number of ketones is 1. The molecular weight excluding hydrogens is 602 g/mol. The normalized spacial score (nSPS) is 12.4. The first kappa shape index (κ1) is 36.0. The van der Waals surface area contributed by atoms with E-state index in [0.29, 0.717) is 17.3 Å². The first-order valence-electron chi connectivity index (χ1n) is 17.0. The minimum Gasteiger partial charge on any atom is -0.494 e. The number of carboxylic acid groups (broad SMARTS) is 1. The number of aromatic nitrogens is 2. The van der Waals surface area contributed by atoms with Crippen LogP contribution in [0.25, 0.3) is 22.5 Å². The van der Waals surface area contributed by atoms with E-state index in [-0.39, 0.29) is 18.6 Å². The van der Waals surface area contributed by atoms with E-state index >= 15 is 0 Å². The van der Waals surface area contributed by atoms with Crippen LogP contribution >= 0.6 is 0 Å². The summed E-state index contributed by atoms with van der Waals surface area (Å²) >= 11 is 0. The van der Waals surface area contributed by atoms with Crippen molar-refractivity contribution in [3.8, 4) is 28.3 Å². The molecule has 1 aromatic heterocycles. The topological polar surface area (TPSA) is 118 Å². The Kier molecular flexibility index (Phi) is 13.4. The number of nitrogens with one attached hydrogen (secondary N) is 1. The second-order valence-corrected chi connectivity index (χ2v) is 12.7. The van der Waals surface area contributed by atoms with Gasteiger partial charge in [0.05, 0.1) is 6.61 Å². The Balaban J connectivity index is 1.39. The van der Waals surface area contributed by atoms with Crippen LogP contribution < -0.4 is 10.1 Å². The van der Waals surface area contributed by atoms with Gasteiger partial charge in [-0.15, -0.1) is 0 Å². The fourth-order valence-electron chi connectivity index (χ4n) is 5.39. The lowest BCUT2D eigenvalue weighted by atomic mass is 9.90. The van der Waals surface area contributed by atoms with Crippen LogP contribution in [0.1, 0.15) is 93.6 Å². The van der Waals surface area contributed by atoms with Crippen molar-refractivity contribution in [3.63, 3.8) is 0 Å². The standard InChI is InChI=1S/C40H47N3O5/c1-5-6-7-8-9-22-48-36-20-18-31(19-21-36)35-25-41-38(42-26-35)33-12-10-29(11-13-33)23-34(39(45)43-28(4)40(46)47)24-37(44)32-16-14-30(15-17-32)27(2)3/h10-21,25-28,34H,5-9,22-24H2,1-4H3,(H,43,45)(H,46,47)/t28-,34-/m1/s1. The molecular formula is C40H47N3O5. The maximum Gasteiger partial charge on any atom is 0.325 e. The van der Waals surface area contributed by atoms with E-state index in [1.165, 1.54) is 32.6 Å². The van der Waals surface area contributed by atoms with Gasteiger partial charge in [-0.05, 0) is 54.5 Å². The molecule has 0 bridgehead atoms. The lowest BCUT2D eigenvalue weighted by Gasteiger charge is -2.19. The number of carboxylic acids is 1. The zero-order chi connectivity index (χ0) is 34.5. The molecule has 0 unspecified atom stereocenters. The van der Waals surface area contributed by atoms with Gasteiger partial charge in [-0.25, -0.2) is 9.97 Å². The first-order valence-corrected chi connectivity index (χ1v) is 17.0. The third-order valence-electron chi connectivity index (χ3n) is 8.48. The van der Waals surface area contributed by atoms with Gasteiger partial charge in [0.15, 0.2) is 11.6 Å². The summed E-state index contributed by atoms with van der Waals surface area (Å²) in [5.41, 5.74) is 5.20. The molecule has 4 aromatic rings. The molecule has 0 aliphatic rings. The number of rotatable bonds is 18. The van der Waals surface area contributed by atoms with Crippen molar-refractivity contribution in [2.24, 2.45) is 5.92 Å². The van der Waals surface area contributed by atoms with Gasteiger partial charge in [-0.2, -0.15) is 0 Å². The van der Waals surface area contributed by atoms with Gasteiger partial charge in [0.1, 0.15) is 11.8 Å². The summed E-state index contributed by atoms with van der Waals surface area (Å²) in [4.78, 5) is 46.9. The van der Waals surface area contributed by atoms with Crippen LogP contribution in [0.15, 0.2) is 85.2 Å². The number of amides is 1. The molecule has 252 valence electrons. The van der Waals surface area contributed by atoms with Crippen LogP contribution in [0, 0.1) is 5.92 Å². The first-order chi connectivity index (χ1) is 23.1. The van der Waals surface area contributed by atoms with Crippen molar-refractivity contribution in [2.75, 3.05) is 6.61 Å². The average Bonchev–Trinajstić information content (AvgIpc) is 3.10. The molecule has 0 radical (unpaired) electrons. The molecule has 1 heterocycles. The minimum atomic E-state index is -1.14. The molecule has 2 N–H and O–H groups in total. The van der Waals surface area contributed by atoms with Crippen molar-refractivity contribution in [3.05, 3.63) is 102 Å². The van der Waals surface area contributed by atoms with E-state index < -0.39 is 23.8 Å². The quantitative estimate of drug-likeness (QED) is 0.0822. The number of ether oxygens (including phenoxy) is 1. The van der Waals surface area contributed by atoms with E-state index in [1.54, 1.807) is 24.5 Å². The van der Waals surface area contributed by atoms with E-state index in [1.807, 2.05) is 60.7 Å². The Bertz CT molecular complexity index is 1620. The molecule has 0 spiro atoms. The molecule has 4 rings (SSSR count). The van der Waals surface area contributed by atoms with E-state index in [0.717, 1.165) is 46.6 Å². The third-order valence-corrected chi connectivity index (χ3v) is 8.48. The minimum absolute atomic E-state index is 0.0440. The predicted molar refractivity (Wildman–Crippen MR) is 189 cm³/mol. The smallest absolute Gasteiger partial charge is 0.325 e. The number of nitrogens with zero attached hydrogens (tertiary/aromatic N) is 2. The summed E-state index contributed by atoms with van der Waals surface area (Å²) in [6.07, 6.45) is 9.84. The number of hydrogen-bond donors (Lipinski definition) is 2. The summed E-state index contributed by atoms with van der Waals surface area (Å²) in [5.74, 6) is -0.759. The highest BCUT2D eigenvalue weighted by Crippen LogP contribution is 2.25. The molecule has 0 fully saturated rings. The van der Waals surface area contributed by atoms with E-state index in [9.17, 15) is 19.5 Å². The SMILES string of the molecule is CCCCCCCOc1ccc(-c2cnc(-c3ccc(C[C@H](CC(=O)c4ccc(C(C)C)cc4)C(=O)N[C@H](C)C(=O)O)cc3)nc2)cc1. The molecule has 0 saturated carbocycles. The monoisotopic (exact) mass is 649 g/mol. The van der Waals surface area contributed by atoms with Crippen molar-refractivity contribution in [1.82, 2.24) is 15.3 Å². The Morgan fingerprint density at radius 2 is 1.40 bits per heavy atom. The highest BCUT2D eigenvalue weighted by molar-refractivity contribution is 5.99. The maximum absolute atomic E-state index is 13.2. The van der Waals surface area contributed by atoms with Gasteiger partial charge in [0, 0.05) is 41.4 Å². The Morgan fingerprint density at radius 1 is 0.771 bits per heavy atom. The second kappa shape index (κ2) is 17.9. The second-order valence-electron chi connectivity index (χ2n) is 12.7. The molecule has 3 aromatic carbocycles. The summed E-state index contributed by atoms with van der Waals surface area (Å²) < 4.78 is 5.88. The van der Waals surface area contributed by atoms with Crippen molar-refractivity contribution in [2.45, 2.75) is 84.6 Å². The van der Waals surface area contributed by atoms with Gasteiger partial charge in [0.25, 0.3) is 0 Å². The number of benzene rings is 3. The summed E-state index contributed by atoms with van der Waals surface area (Å²) in [6, 6.07) is 21.9. The summed E-state index contributed by atoms with van der Waals surface area (Å²) in [6.45, 7) is 8.51. The number of Topliss-reactive ketones (excluding diaryl/α,β-unsaturated/α-hetero) is 1. The summed E-state index contributed by atoms with van der Waals surface area (Å²) in [5, 5.41) is 11.9. The number of carbonyl (C=O) groups excluding carboxylic acids is 2. The van der Waals surface area contributed by atoms with E-state index in [4.69, 9.17) is 4.74 Å². The van der Waals surface area contributed by atoms with Crippen LogP contribution in [-0.2, 0) is 16.0 Å². The molecule has 8 heteroatoms. The highest BCUT2D eigenvalue weighted by Gasteiger charge is 2.26. The fourth-order valence-corrected chi connectivity index (χ4v) is 5.39. The largest absolute Gasteiger partial charge is 0.494 e. The Morgan fingerprint density at radius 3 is 2.00 bits per heavy atom.